The van der Waals surface area contributed by atoms with E-state index in [2.05, 4.69) is 10.5 Å². The molecule has 2 aromatic carbocycles. The molecule has 1 N–H and O–H groups in total. The van der Waals surface area contributed by atoms with Gasteiger partial charge in [-0.1, -0.05) is 49.4 Å². The van der Waals surface area contributed by atoms with Crippen LogP contribution < -0.4 is 14.9 Å². The van der Waals surface area contributed by atoms with Crippen molar-refractivity contribution in [1.82, 2.24) is 5.43 Å². The predicted octanol–water partition coefficient (Wildman–Crippen LogP) is 2.73. The highest BCUT2D eigenvalue weighted by molar-refractivity contribution is 5.82. The number of carbonyl (C=O) groups excluding carboxylic acids is 1. The summed E-state index contributed by atoms with van der Waals surface area (Å²) < 4.78 is 11.1. The minimum absolute atomic E-state index is 0.112. The molecule has 3 rings (SSSR count). The zero-order valence-corrected chi connectivity index (χ0v) is 12.8. The Morgan fingerprint density at radius 1 is 1.17 bits per heavy atom. The molecule has 5 nitrogen and oxygen atoms in total. The first-order valence-corrected chi connectivity index (χ1v) is 7.50. The van der Waals surface area contributed by atoms with Gasteiger partial charge in [0.1, 0.15) is 6.61 Å². The highest BCUT2D eigenvalue weighted by Crippen LogP contribution is 2.30. The van der Waals surface area contributed by atoms with E-state index in [9.17, 15) is 4.79 Å². The molecule has 0 bridgehead atoms. The van der Waals surface area contributed by atoms with Crippen LogP contribution in [0.2, 0.25) is 0 Å². The lowest BCUT2D eigenvalue weighted by Crippen LogP contribution is -2.42. The van der Waals surface area contributed by atoms with Crippen molar-refractivity contribution in [2.45, 2.75) is 18.9 Å². The normalized spacial score (nSPS) is 17.7. The molecule has 0 fully saturated rings. The molecule has 0 aromatic heterocycles. The number of hydrogen-bond acceptors (Lipinski definition) is 4. The summed E-state index contributed by atoms with van der Waals surface area (Å²) in [5, 5.41) is 4.02. The topological polar surface area (TPSA) is 59.9 Å². The van der Waals surface area contributed by atoms with E-state index in [0.717, 1.165) is 5.56 Å². The number of amides is 1. The summed E-state index contributed by atoms with van der Waals surface area (Å²) >= 11 is 0. The quantitative estimate of drug-likeness (QED) is 0.698. The van der Waals surface area contributed by atoms with Crippen LogP contribution in [0.25, 0.3) is 0 Å². The van der Waals surface area contributed by atoms with Crippen LogP contribution in [0.1, 0.15) is 18.4 Å². The van der Waals surface area contributed by atoms with Crippen molar-refractivity contribution in [3.63, 3.8) is 0 Å². The standard InChI is InChI=1S/C18H18N2O3/c1-13(14-7-3-2-4-8-14)11-19-20-18(21)17-12-22-15-9-5-6-10-16(15)23-17/h2-11,13,17H,12H2,1H3,(H,20,21)/b19-11-/t13-,17-/m0/s1. The van der Waals surface area contributed by atoms with Gasteiger partial charge in [-0.2, -0.15) is 5.10 Å². The van der Waals surface area contributed by atoms with Gasteiger partial charge in [0.15, 0.2) is 11.5 Å². The van der Waals surface area contributed by atoms with E-state index >= 15 is 0 Å². The van der Waals surface area contributed by atoms with Gasteiger partial charge in [0.25, 0.3) is 5.91 Å². The maximum absolute atomic E-state index is 12.1. The Morgan fingerprint density at radius 2 is 1.87 bits per heavy atom. The predicted molar refractivity (Wildman–Crippen MR) is 87.8 cm³/mol. The summed E-state index contributed by atoms with van der Waals surface area (Å²) in [5.41, 5.74) is 3.65. The molecule has 0 unspecified atom stereocenters. The van der Waals surface area contributed by atoms with E-state index in [0.29, 0.717) is 11.5 Å². The van der Waals surface area contributed by atoms with Crippen molar-refractivity contribution < 1.29 is 14.3 Å². The van der Waals surface area contributed by atoms with Gasteiger partial charge in [0, 0.05) is 12.1 Å². The molecule has 0 aliphatic carbocycles. The van der Waals surface area contributed by atoms with Crippen molar-refractivity contribution in [3.8, 4) is 11.5 Å². The molecular formula is C18H18N2O3. The lowest BCUT2D eigenvalue weighted by Gasteiger charge is -2.24. The van der Waals surface area contributed by atoms with E-state index in [-0.39, 0.29) is 18.4 Å². The molecule has 118 valence electrons. The van der Waals surface area contributed by atoms with Crippen LogP contribution in [0, 0.1) is 0 Å². The zero-order chi connectivity index (χ0) is 16.1. The molecule has 2 aromatic rings. The number of fused-ring (bicyclic) bond motifs is 1. The van der Waals surface area contributed by atoms with Crippen LogP contribution in [-0.4, -0.2) is 24.8 Å². The maximum atomic E-state index is 12.1. The van der Waals surface area contributed by atoms with Gasteiger partial charge in [-0.3, -0.25) is 4.79 Å². The van der Waals surface area contributed by atoms with Gasteiger partial charge in [-0.25, -0.2) is 5.43 Å². The fraction of sp³-hybridized carbons (Fsp3) is 0.222. The van der Waals surface area contributed by atoms with Gasteiger partial charge in [-0.15, -0.1) is 0 Å². The molecule has 23 heavy (non-hydrogen) atoms. The lowest BCUT2D eigenvalue weighted by molar-refractivity contribution is -0.130. The number of hydrazone groups is 1. The first-order chi connectivity index (χ1) is 11.2. The summed E-state index contributed by atoms with van der Waals surface area (Å²) in [6.07, 6.45) is 0.999. The third-order valence-electron chi connectivity index (χ3n) is 3.60. The number of hydrogen-bond donors (Lipinski definition) is 1. The summed E-state index contributed by atoms with van der Waals surface area (Å²) in [6, 6.07) is 17.2. The van der Waals surface area contributed by atoms with Gasteiger partial charge in [-0.05, 0) is 17.7 Å². The second-order valence-electron chi connectivity index (χ2n) is 5.32. The van der Waals surface area contributed by atoms with E-state index in [4.69, 9.17) is 9.47 Å². The largest absolute Gasteiger partial charge is 0.485 e. The van der Waals surface area contributed by atoms with E-state index in [1.165, 1.54) is 0 Å². The molecule has 2 atom stereocenters. The molecule has 0 radical (unpaired) electrons. The SMILES string of the molecule is C[C@@H](/C=N\NC(=O)[C@@H]1COc2ccccc2O1)c1ccccc1. The Hall–Kier alpha value is -2.82. The third kappa shape index (κ3) is 3.69. The average Bonchev–Trinajstić information content (AvgIpc) is 2.61. The number of nitrogens with zero attached hydrogens (tertiary/aromatic N) is 1. The van der Waals surface area contributed by atoms with E-state index in [1.807, 2.05) is 55.5 Å². The van der Waals surface area contributed by atoms with Gasteiger partial charge >= 0.3 is 0 Å². The molecule has 1 aliphatic rings. The van der Waals surface area contributed by atoms with Crippen molar-refractivity contribution >= 4 is 12.1 Å². The molecule has 0 saturated carbocycles. The van der Waals surface area contributed by atoms with E-state index in [1.54, 1.807) is 12.3 Å². The number of rotatable bonds is 4. The fourth-order valence-electron chi connectivity index (χ4n) is 2.28. The summed E-state index contributed by atoms with van der Waals surface area (Å²) in [7, 11) is 0. The molecule has 1 aliphatic heterocycles. The first kappa shape index (κ1) is 15.1. The second-order valence-corrected chi connectivity index (χ2v) is 5.32. The van der Waals surface area contributed by atoms with Crippen LogP contribution in [0.15, 0.2) is 59.7 Å². The van der Waals surface area contributed by atoms with Gasteiger partial charge < -0.3 is 9.47 Å². The van der Waals surface area contributed by atoms with Crippen LogP contribution in [-0.2, 0) is 4.79 Å². The Morgan fingerprint density at radius 3 is 2.65 bits per heavy atom. The second kappa shape index (κ2) is 6.96. The Labute approximate surface area is 134 Å². The highest BCUT2D eigenvalue weighted by Gasteiger charge is 2.26. The van der Waals surface area contributed by atoms with Crippen molar-refractivity contribution in [3.05, 3.63) is 60.2 Å². The lowest BCUT2D eigenvalue weighted by atomic mass is 10.0. The summed E-state index contributed by atoms with van der Waals surface area (Å²) in [6.45, 7) is 2.19. The first-order valence-electron chi connectivity index (χ1n) is 7.50. The summed E-state index contributed by atoms with van der Waals surface area (Å²) in [5.74, 6) is 1.01. The fourth-order valence-corrected chi connectivity index (χ4v) is 2.28. The van der Waals surface area contributed by atoms with Crippen molar-refractivity contribution in [1.29, 1.82) is 0 Å². The molecule has 1 heterocycles. The van der Waals surface area contributed by atoms with Crippen LogP contribution >= 0.6 is 0 Å². The molecular weight excluding hydrogens is 292 g/mol. The number of carbonyl (C=O) groups is 1. The number of para-hydroxylation sites is 2. The van der Waals surface area contributed by atoms with Crippen LogP contribution in [0.3, 0.4) is 0 Å². The van der Waals surface area contributed by atoms with Crippen molar-refractivity contribution in [2.24, 2.45) is 5.10 Å². The molecule has 1 amide bonds. The Balaban J connectivity index is 1.55. The minimum atomic E-state index is -0.700. The number of ether oxygens (including phenoxy) is 2. The number of nitrogens with one attached hydrogen (secondary N) is 1. The zero-order valence-electron chi connectivity index (χ0n) is 12.8. The smallest absolute Gasteiger partial charge is 0.284 e. The molecule has 5 heteroatoms. The Bertz CT molecular complexity index is 700. The highest BCUT2D eigenvalue weighted by atomic mass is 16.6. The molecule has 0 spiro atoms. The minimum Gasteiger partial charge on any atom is -0.485 e. The van der Waals surface area contributed by atoms with Crippen LogP contribution in [0.4, 0.5) is 0 Å². The maximum Gasteiger partial charge on any atom is 0.284 e. The van der Waals surface area contributed by atoms with E-state index < -0.39 is 6.10 Å². The van der Waals surface area contributed by atoms with Crippen LogP contribution in [0.5, 0.6) is 11.5 Å². The summed E-state index contributed by atoms with van der Waals surface area (Å²) in [4.78, 5) is 12.1. The van der Waals surface area contributed by atoms with Gasteiger partial charge in [0.05, 0.1) is 0 Å². The average molecular weight is 310 g/mol. The van der Waals surface area contributed by atoms with Crippen molar-refractivity contribution in [2.75, 3.05) is 6.61 Å². The monoisotopic (exact) mass is 310 g/mol. The molecule has 0 saturated heterocycles. The Kier molecular flexibility index (Phi) is 4.57. The van der Waals surface area contributed by atoms with Gasteiger partial charge in [0.2, 0.25) is 6.10 Å². The third-order valence-corrected chi connectivity index (χ3v) is 3.60. The number of benzene rings is 2.